The summed E-state index contributed by atoms with van der Waals surface area (Å²) in [6.07, 6.45) is 2.01. The molecular weight excluding hydrogens is 224 g/mol. The number of hydrogen-bond donors (Lipinski definition) is 2. The number of para-hydroxylation sites is 2. The standard InChI is InChI=1S/C15H16N2O/c1-2-5-10-11(16)8-9-14-15(10)17-12-6-3-4-7-13(12)18-14/h3-4,6-9,17H,2,5,16H2,1H3. The van der Waals surface area contributed by atoms with Crippen LogP contribution in [-0.4, -0.2) is 0 Å². The molecule has 3 N–H and O–H groups in total. The van der Waals surface area contributed by atoms with E-state index in [-0.39, 0.29) is 0 Å². The van der Waals surface area contributed by atoms with Gasteiger partial charge >= 0.3 is 0 Å². The molecule has 0 bridgehead atoms. The Bertz CT molecular complexity index is 593. The average molecular weight is 240 g/mol. The highest BCUT2D eigenvalue weighted by atomic mass is 16.5. The van der Waals surface area contributed by atoms with Gasteiger partial charge in [-0.3, -0.25) is 0 Å². The monoisotopic (exact) mass is 240 g/mol. The van der Waals surface area contributed by atoms with Crippen LogP contribution in [0.4, 0.5) is 17.1 Å². The minimum Gasteiger partial charge on any atom is -0.453 e. The predicted octanol–water partition coefficient (Wildman–Crippen LogP) is 4.07. The molecule has 1 heterocycles. The van der Waals surface area contributed by atoms with Crippen molar-refractivity contribution in [3.8, 4) is 11.5 Å². The van der Waals surface area contributed by atoms with Gasteiger partial charge in [0.2, 0.25) is 0 Å². The molecule has 0 fully saturated rings. The SMILES string of the molecule is CCCc1c(N)ccc2c1Nc1ccccc1O2. The van der Waals surface area contributed by atoms with Gasteiger partial charge in [-0.25, -0.2) is 0 Å². The van der Waals surface area contributed by atoms with Crippen molar-refractivity contribution < 1.29 is 4.74 Å². The molecule has 2 aromatic rings. The van der Waals surface area contributed by atoms with Crippen LogP contribution < -0.4 is 15.8 Å². The third-order valence-electron chi connectivity index (χ3n) is 3.18. The van der Waals surface area contributed by atoms with Crippen molar-refractivity contribution in [2.24, 2.45) is 0 Å². The fourth-order valence-corrected chi connectivity index (χ4v) is 2.30. The van der Waals surface area contributed by atoms with Gasteiger partial charge in [0.15, 0.2) is 11.5 Å². The Kier molecular flexibility index (Phi) is 2.59. The third kappa shape index (κ3) is 1.68. The number of anilines is 3. The molecule has 0 unspecified atom stereocenters. The van der Waals surface area contributed by atoms with Crippen molar-refractivity contribution in [2.45, 2.75) is 19.8 Å². The molecule has 3 nitrogen and oxygen atoms in total. The highest BCUT2D eigenvalue weighted by Gasteiger charge is 2.19. The van der Waals surface area contributed by atoms with Gasteiger partial charge in [-0.15, -0.1) is 0 Å². The zero-order valence-corrected chi connectivity index (χ0v) is 10.4. The normalized spacial score (nSPS) is 12.1. The average Bonchev–Trinajstić information content (AvgIpc) is 2.40. The molecule has 0 aromatic heterocycles. The smallest absolute Gasteiger partial charge is 0.151 e. The molecule has 2 aromatic carbocycles. The van der Waals surface area contributed by atoms with E-state index >= 15 is 0 Å². The lowest BCUT2D eigenvalue weighted by atomic mass is 10.0. The molecule has 18 heavy (non-hydrogen) atoms. The van der Waals surface area contributed by atoms with Gasteiger partial charge in [0.05, 0.1) is 11.4 Å². The van der Waals surface area contributed by atoms with E-state index in [2.05, 4.69) is 12.2 Å². The minimum absolute atomic E-state index is 0.825. The van der Waals surface area contributed by atoms with Gasteiger partial charge in [0.25, 0.3) is 0 Å². The van der Waals surface area contributed by atoms with Gasteiger partial charge in [0, 0.05) is 11.3 Å². The van der Waals surface area contributed by atoms with Gasteiger partial charge in [-0.05, 0) is 30.7 Å². The molecular formula is C15H16N2O. The number of rotatable bonds is 2. The van der Waals surface area contributed by atoms with Crippen molar-refractivity contribution >= 4 is 17.1 Å². The quantitative estimate of drug-likeness (QED) is 0.664. The van der Waals surface area contributed by atoms with Crippen LogP contribution in [0.3, 0.4) is 0 Å². The fraction of sp³-hybridized carbons (Fsp3) is 0.200. The van der Waals surface area contributed by atoms with Crippen LogP contribution in [0, 0.1) is 0 Å². The van der Waals surface area contributed by atoms with E-state index in [0.717, 1.165) is 47.0 Å². The van der Waals surface area contributed by atoms with Crippen molar-refractivity contribution in [1.82, 2.24) is 0 Å². The Labute approximate surface area is 107 Å². The number of benzene rings is 2. The molecule has 0 saturated heterocycles. The summed E-state index contributed by atoms with van der Waals surface area (Å²) in [4.78, 5) is 0. The number of ether oxygens (including phenoxy) is 1. The van der Waals surface area contributed by atoms with E-state index in [1.54, 1.807) is 0 Å². The molecule has 0 saturated carbocycles. The lowest BCUT2D eigenvalue weighted by molar-refractivity contribution is 0.480. The largest absolute Gasteiger partial charge is 0.453 e. The zero-order chi connectivity index (χ0) is 12.5. The second-order valence-corrected chi connectivity index (χ2v) is 4.48. The van der Waals surface area contributed by atoms with Crippen LogP contribution in [0.5, 0.6) is 11.5 Å². The zero-order valence-electron chi connectivity index (χ0n) is 10.4. The summed E-state index contributed by atoms with van der Waals surface area (Å²) in [6.45, 7) is 2.15. The molecule has 0 atom stereocenters. The van der Waals surface area contributed by atoms with Crippen molar-refractivity contribution in [3.05, 3.63) is 42.0 Å². The van der Waals surface area contributed by atoms with Crippen molar-refractivity contribution in [2.75, 3.05) is 11.1 Å². The molecule has 1 aliphatic rings. The molecule has 1 aliphatic heterocycles. The molecule has 0 radical (unpaired) electrons. The summed E-state index contributed by atoms with van der Waals surface area (Å²) in [7, 11) is 0. The van der Waals surface area contributed by atoms with E-state index in [9.17, 15) is 0 Å². The first-order valence-corrected chi connectivity index (χ1v) is 6.25. The van der Waals surface area contributed by atoms with Gasteiger partial charge < -0.3 is 15.8 Å². The highest BCUT2D eigenvalue weighted by molar-refractivity contribution is 5.81. The molecule has 0 amide bonds. The number of hydrogen-bond acceptors (Lipinski definition) is 3. The van der Waals surface area contributed by atoms with Gasteiger partial charge in [-0.2, -0.15) is 0 Å². The second-order valence-electron chi connectivity index (χ2n) is 4.48. The topological polar surface area (TPSA) is 47.3 Å². The van der Waals surface area contributed by atoms with Crippen molar-refractivity contribution in [1.29, 1.82) is 0 Å². The van der Waals surface area contributed by atoms with Crippen LogP contribution in [0.1, 0.15) is 18.9 Å². The van der Waals surface area contributed by atoms with Gasteiger partial charge in [0.1, 0.15) is 0 Å². The van der Waals surface area contributed by atoms with Crippen molar-refractivity contribution in [3.63, 3.8) is 0 Å². The maximum Gasteiger partial charge on any atom is 0.151 e. The summed E-state index contributed by atoms with van der Waals surface area (Å²) in [6, 6.07) is 11.8. The Hall–Kier alpha value is -2.16. The van der Waals surface area contributed by atoms with E-state index in [1.165, 1.54) is 0 Å². The summed E-state index contributed by atoms with van der Waals surface area (Å²) < 4.78 is 5.90. The van der Waals surface area contributed by atoms with Crippen LogP contribution in [-0.2, 0) is 6.42 Å². The lowest BCUT2D eigenvalue weighted by Crippen LogP contribution is -2.07. The first kappa shape index (κ1) is 11.0. The fourth-order valence-electron chi connectivity index (χ4n) is 2.30. The second kappa shape index (κ2) is 4.26. The number of nitrogens with two attached hydrogens (primary N) is 1. The third-order valence-corrected chi connectivity index (χ3v) is 3.18. The number of nitrogens with one attached hydrogen (secondary N) is 1. The summed E-state index contributed by atoms with van der Waals surface area (Å²) in [5, 5.41) is 3.43. The Morgan fingerprint density at radius 1 is 1.11 bits per heavy atom. The molecule has 92 valence electrons. The van der Waals surface area contributed by atoms with E-state index in [1.807, 2.05) is 36.4 Å². The van der Waals surface area contributed by atoms with Crippen LogP contribution in [0.25, 0.3) is 0 Å². The van der Waals surface area contributed by atoms with E-state index in [0.29, 0.717) is 0 Å². The van der Waals surface area contributed by atoms with E-state index in [4.69, 9.17) is 10.5 Å². The lowest BCUT2D eigenvalue weighted by Gasteiger charge is -2.24. The van der Waals surface area contributed by atoms with Crippen LogP contribution in [0.2, 0.25) is 0 Å². The Morgan fingerprint density at radius 3 is 2.78 bits per heavy atom. The maximum absolute atomic E-state index is 6.06. The molecule has 0 aliphatic carbocycles. The van der Waals surface area contributed by atoms with Gasteiger partial charge in [-0.1, -0.05) is 25.5 Å². The summed E-state index contributed by atoms with van der Waals surface area (Å²) >= 11 is 0. The number of fused-ring (bicyclic) bond motifs is 2. The molecule has 0 spiro atoms. The summed E-state index contributed by atoms with van der Waals surface area (Å²) in [5.74, 6) is 1.71. The Morgan fingerprint density at radius 2 is 1.94 bits per heavy atom. The minimum atomic E-state index is 0.825. The van der Waals surface area contributed by atoms with E-state index < -0.39 is 0 Å². The van der Waals surface area contributed by atoms with Crippen LogP contribution >= 0.6 is 0 Å². The summed E-state index contributed by atoms with van der Waals surface area (Å²) in [5.41, 5.74) is 10.0. The van der Waals surface area contributed by atoms with Crippen LogP contribution in [0.15, 0.2) is 36.4 Å². The Balaban J connectivity index is 2.10. The first-order chi connectivity index (χ1) is 8.79. The maximum atomic E-state index is 6.06. The highest BCUT2D eigenvalue weighted by Crippen LogP contribution is 2.45. The molecule has 3 rings (SSSR count). The number of nitrogen functional groups attached to an aromatic ring is 1. The predicted molar refractivity (Wildman–Crippen MR) is 74.6 cm³/mol. The first-order valence-electron chi connectivity index (χ1n) is 6.25. The molecule has 3 heteroatoms.